The van der Waals surface area contributed by atoms with Crippen molar-refractivity contribution in [2.75, 3.05) is 0 Å². The lowest BCUT2D eigenvalue weighted by atomic mass is 9.99. The van der Waals surface area contributed by atoms with Crippen LogP contribution in [0.2, 0.25) is 0 Å². The molecule has 0 aliphatic heterocycles. The average Bonchev–Trinajstić information content (AvgIpc) is 4.12. The van der Waals surface area contributed by atoms with E-state index in [4.69, 9.17) is 19.4 Å². The van der Waals surface area contributed by atoms with E-state index >= 15 is 0 Å². The molecule has 5 nitrogen and oxygen atoms in total. The van der Waals surface area contributed by atoms with E-state index in [0.717, 1.165) is 76.9 Å². The number of nitrogens with zero attached hydrogens (tertiary/aromatic N) is 4. The molecule has 0 atom stereocenters. The summed E-state index contributed by atoms with van der Waals surface area (Å²) in [7, 11) is 0. The Morgan fingerprint density at radius 1 is 0.344 bits per heavy atom. The number of fused-ring (bicyclic) bond motifs is 13. The lowest BCUT2D eigenvalue weighted by Gasteiger charge is -2.12. The molecular weight excluding hydrogens is 821 g/mol. The highest BCUT2D eigenvalue weighted by Crippen LogP contribution is 2.44. The molecule has 0 radical (unpaired) electrons. The molecule has 9 aromatic carbocycles. The summed E-state index contributed by atoms with van der Waals surface area (Å²) in [5.74, 6) is 1.80. The van der Waals surface area contributed by atoms with E-state index in [0.29, 0.717) is 17.6 Å². The fraction of sp³-hybridized carbons (Fsp3) is 0. The normalized spacial score (nSPS) is 12.1. The van der Waals surface area contributed by atoms with Crippen LogP contribution in [-0.2, 0) is 0 Å². The molecule has 5 heterocycles. The zero-order valence-electron chi connectivity index (χ0n) is 34.0. The number of rotatable bonds is 5. The van der Waals surface area contributed by atoms with Gasteiger partial charge in [-0.2, -0.15) is 9.97 Å². The maximum absolute atomic E-state index is 6.48. The molecule has 0 N–H and O–H groups in total. The van der Waals surface area contributed by atoms with Crippen LogP contribution in [0.25, 0.3) is 135 Å². The second-order valence-corrected chi connectivity index (χ2v) is 18.5. The molecule has 14 aromatic rings. The minimum absolute atomic E-state index is 0.568. The second-order valence-electron chi connectivity index (χ2n) is 16.3. The number of hydrogen-bond donors (Lipinski definition) is 0. The molecule has 0 amide bonds. The summed E-state index contributed by atoms with van der Waals surface area (Å²) < 4.78 is 13.7. The van der Waals surface area contributed by atoms with Crippen LogP contribution in [0.5, 0.6) is 0 Å². The molecule has 14 rings (SSSR count). The highest BCUT2D eigenvalue weighted by atomic mass is 32.1. The molecular formula is C57H32N4OS2. The summed E-state index contributed by atoms with van der Waals surface area (Å²) in [6, 6.07) is 69.0. The summed E-state index contributed by atoms with van der Waals surface area (Å²) >= 11 is 3.62. The van der Waals surface area contributed by atoms with Crippen molar-refractivity contribution in [2.24, 2.45) is 0 Å². The highest BCUT2D eigenvalue weighted by molar-refractivity contribution is 7.26. The van der Waals surface area contributed by atoms with Crippen LogP contribution in [0.4, 0.5) is 0 Å². The first-order valence-corrected chi connectivity index (χ1v) is 23.0. The summed E-state index contributed by atoms with van der Waals surface area (Å²) in [5, 5.41) is 9.41. The van der Waals surface area contributed by atoms with Crippen molar-refractivity contribution in [3.05, 3.63) is 194 Å². The van der Waals surface area contributed by atoms with Gasteiger partial charge >= 0.3 is 0 Å². The van der Waals surface area contributed by atoms with Crippen molar-refractivity contribution in [3.8, 4) is 51.0 Å². The van der Waals surface area contributed by atoms with E-state index in [-0.39, 0.29) is 0 Å². The zero-order chi connectivity index (χ0) is 41.9. The first-order valence-electron chi connectivity index (χ1n) is 21.3. The molecule has 298 valence electrons. The SMILES string of the molecule is c1ccc(-c2ccc3c(c2)c2ccccc2n3-c2nc(-c3cccc(-c4ccc5oc6ccc7sc8ccccc8c7c6c5c4)c3)nc(-c3cccc4sc5ccccc5c34)n2)cc1. The molecule has 0 fully saturated rings. The Balaban J connectivity index is 0.988. The number of para-hydroxylation sites is 1. The van der Waals surface area contributed by atoms with Crippen LogP contribution >= 0.6 is 22.7 Å². The van der Waals surface area contributed by atoms with Crippen LogP contribution in [0.1, 0.15) is 0 Å². The summed E-state index contributed by atoms with van der Waals surface area (Å²) in [6.45, 7) is 0. The molecule has 0 aliphatic carbocycles. The van der Waals surface area contributed by atoms with E-state index in [1.807, 2.05) is 11.3 Å². The molecule has 0 spiro atoms. The third-order valence-corrected chi connectivity index (χ3v) is 14.9. The third-order valence-electron chi connectivity index (χ3n) is 12.7. The summed E-state index contributed by atoms with van der Waals surface area (Å²) in [6.07, 6.45) is 0. The molecule has 0 bridgehead atoms. The first kappa shape index (κ1) is 35.6. The number of benzene rings is 9. The summed E-state index contributed by atoms with van der Waals surface area (Å²) in [5.41, 5.74) is 10.2. The largest absolute Gasteiger partial charge is 0.456 e. The summed E-state index contributed by atoms with van der Waals surface area (Å²) in [4.78, 5) is 16.2. The van der Waals surface area contributed by atoms with Gasteiger partial charge in [-0.25, -0.2) is 4.98 Å². The van der Waals surface area contributed by atoms with E-state index in [1.165, 1.54) is 40.5 Å². The topological polar surface area (TPSA) is 56.7 Å². The van der Waals surface area contributed by atoms with Crippen LogP contribution in [0.3, 0.4) is 0 Å². The predicted octanol–water partition coefficient (Wildman–Crippen LogP) is 16.3. The molecule has 0 saturated carbocycles. The Bertz CT molecular complexity index is 4210. The van der Waals surface area contributed by atoms with Gasteiger partial charge in [0.2, 0.25) is 5.95 Å². The number of thiophene rings is 2. The molecule has 0 unspecified atom stereocenters. The smallest absolute Gasteiger partial charge is 0.238 e. The lowest BCUT2D eigenvalue weighted by Crippen LogP contribution is -2.06. The predicted molar refractivity (Wildman–Crippen MR) is 269 cm³/mol. The van der Waals surface area contributed by atoms with Crippen molar-refractivity contribution < 1.29 is 4.42 Å². The molecule has 0 aliphatic rings. The minimum atomic E-state index is 0.568. The van der Waals surface area contributed by atoms with Gasteiger partial charge < -0.3 is 4.42 Å². The van der Waals surface area contributed by atoms with Gasteiger partial charge in [0.15, 0.2) is 11.6 Å². The zero-order valence-corrected chi connectivity index (χ0v) is 35.6. The van der Waals surface area contributed by atoms with E-state index in [2.05, 4.69) is 199 Å². The van der Waals surface area contributed by atoms with Crippen LogP contribution < -0.4 is 0 Å². The highest BCUT2D eigenvalue weighted by Gasteiger charge is 2.21. The van der Waals surface area contributed by atoms with Gasteiger partial charge in [0, 0.05) is 73.0 Å². The Hall–Kier alpha value is -7.97. The van der Waals surface area contributed by atoms with Crippen LogP contribution in [0, 0.1) is 0 Å². The number of aromatic nitrogens is 4. The van der Waals surface area contributed by atoms with E-state index in [1.54, 1.807) is 11.3 Å². The van der Waals surface area contributed by atoms with Crippen molar-refractivity contribution in [3.63, 3.8) is 0 Å². The third kappa shape index (κ3) is 5.38. The monoisotopic (exact) mass is 852 g/mol. The minimum Gasteiger partial charge on any atom is -0.456 e. The maximum atomic E-state index is 6.48. The fourth-order valence-corrected chi connectivity index (χ4v) is 12.0. The molecule has 5 aromatic heterocycles. The van der Waals surface area contributed by atoms with Gasteiger partial charge in [-0.15, -0.1) is 22.7 Å². The maximum Gasteiger partial charge on any atom is 0.238 e. The Kier molecular flexibility index (Phi) is 7.66. The first-order chi connectivity index (χ1) is 31.7. The Labute approximate surface area is 373 Å². The van der Waals surface area contributed by atoms with Crippen molar-refractivity contribution in [2.45, 2.75) is 0 Å². The van der Waals surface area contributed by atoms with Gasteiger partial charge in [-0.1, -0.05) is 127 Å². The van der Waals surface area contributed by atoms with Gasteiger partial charge in [0.25, 0.3) is 0 Å². The van der Waals surface area contributed by atoms with Gasteiger partial charge in [-0.3, -0.25) is 4.57 Å². The lowest BCUT2D eigenvalue weighted by molar-refractivity contribution is 0.669. The molecule has 0 saturated heterocycles. The Morgan fingerprint density at radius 2 is 0.938 bits per heavy atom. The van der Waals surface area contributed by atoms with Crippen LogP contribution in [0.15, 0.2) is 199 Å². The van der Waals surface area contributed by atoms with Crippen molar-refractivity contribution >= 4 is 107 Å². The van der Waals surface area contributed by atoms with Crippen molar-refractivity contribution in [1.29, 1.82) is 0 Å². The van der Waals surface area contributed by atoms with E-state index in [9.17, 15) is 0 Å². The van der Waals surface area contributed by atoms with Gasteiger partial charge in [0.1, 0.15) is 11.2 Å². The second kappa shape index (κ2) is 13.8. The Morgan fingerprint density at radius 3 is 1.80 bits per heavy atom. The van der Waals surface area contributed by atoms with Crippen molar-refractivity contribution in [1.82, 2.24) is 19.5 Å². The van der Waals surface area contributed by atoms with Gasteiger partial charge in [-0.05, 0) is 89.0 Å². The van der Waals surface area contributed by atoms with Gasteiger partial charge in [0.05, 0.1) is 11.0 Å². The molecule has 64 heavy (non-hydrogen) atoms. The number of hydrogen-bond acceptors (Lipinski definition) is 6. The quantitative estimate of drug-likeness (QED) is 0.173. The average molecular weight is 853 g/mol. The standard InChI is InChI=1S/C57H32N4OS2/c1-2-12-33(13-3-1)35-24-26-45-42(31-35)38-16-4-7-20-44(38)61(45)57-59-55(58-56(60-57)41-19-11-23-50-52(41)39-17-5-8-21-48(39)63-50)37-15-10-14-34(30-37)36-25-27-46-43(32-36)53-47(62-46)28-29-51-54(53)40-18-6-9-22-49(40)64-51/h1-32H. The molecule has 7 heteroatoms. The van der Waals surface area contributed by atoms with E-state index < -0.39 is 0 Å². The van der Waals surface area contributed by atoms with Crippen LogP contribution in [-0.4, -0.2) is 19.5 Å². The number of furan rings is 1. The fourth-order valence-electron chi connectivity index (χ4n) is 9.77.